The number of rotatable bonds is 8. The molecule has 0 saturated heterocycles. The van der Waals surface area contributed by atoms with Crippen LogP contribution in [0.5, 0.6) is 0 Å². The second-order valence-electron chi connectivity index (χ2n) is 4.15. The Morgan fingerprint density at radius 3 is 2.82 bits per heavy atom. The number of hydrogen-bond acceptors (Lipinski definition) is 3. The van der Waals surface area contributed by atoms with Crippen LogP contribution >= 0.6 is 0 Å². The number of aryl methyl sites for hydroxylation is 1. The van der Waals surface area contributed by atoms with Gasteiger partial charge in [-0.2, -0.15) is 0 Å². The van der Waals surface area contributed by atoms with Crippen molar-refractivity contribution >= 4 is 5.91 Å². The van der Waals surface area contributed by atoms with E-state index in [2.05, 4.69) is 22.6 Å². The minimum atomic E-state index is 0.104. The third kappa shape index (κ3) is 5.47. The van der Waals surface area contributed by atoms with Crippen molar-refractivity contribution in [3.05, 3.63) is 11.9 Å². The maximum absolute atomic E-state index is 11.5. The predicted molar refractivity (Wildman–Crippen MR) is 66.3 cm³/mol. The Morgan fingerprint density at radius 2 is 2.18 bits per heavy atom. The van der Waals surface area contributed by atoms with Gasteiger partial charge in [-0.1, -0.05) is 31.4 Å². The lowest BCUT2D eigenvalue weighted by atomic mass is 10.1. The number of carbonyl (C=O) groups is 1. The maximum atomic E-state index is 11.5. The number of carbonyl (C=O) groups excluding carboxylic acids is 1. The quantitative estimate of drug-likeness (QED) is 0.703. The van der Waals surface area contributed by atoms with Crippen LogP contribution in [0.25, 0.3) is 0 Å². The summed E-state index contributed by atoms with van der Waals surface area (Å²) < 4.78 is 1.75. The van der Waals surface area contributed by atoms with Gasteiger partial charge in [-0.25, -0.2) is 0 Å². The van der Waals surface area contributed by atoms with E-state index < -0.39 is 0 Å². The van der Waals surface area contributed by atoms with Gasteiger partial charge < -0.3 is 5.32 Å². The van der Waals surface area contributed by atoms with E-state index in [4.69, 9.17) is 0 Å². The molecule has 1 rings (SSSR count). The molecule has 1 aromatic heterocycles. The molecule has 96 valence electrons. The lowest BCUT2D eigenvalue weighted by molar-refractivity contribution is -0.121. The SMILES string of the molecule is CCCCCCC(=O)NCc1cn(CC)nn1. The molecule has 1 N–H and O–H groups in total. The Balaban J connectivity index is 2.14. The van der Waals surface area contributed by atoms with Crippen molar-refractivity contribution < 1.29 is 4.79 Å². The molecule has 17 heavy (non-hydrogen) atoms. The Kier molecular flexibility index (Phi) is 6.29. The summed E-state index contributed by atoms with van der Waals surface area (Å²) in [7, 11) is 0. The molecule has 5 nitrogen and oxygen atoms in total. The first kappa shape index (κ1) is 13.7. The molecule has 5 heteroatoms. The van der Waals surface area contributed by atoms with Crippen molar-refractivity contribution in [2.45, 2.75) is 59.0 Å². The standard InChI is InChI=1S/C12H22N4O/c1-3-5-6-7-8-12(17)13-9-11-10-16(4-2)15-14-11/h10H,3-9H2,1-2H3,(H,13,17). The van der Waals surface area contributed by atoms with E-state index in [1.807, 2.05) is 13.1 Å². The summed E-state index contributed by atoms with van der Waals surface area (Å²) in [4.78, 5) is 11.5. The summed E-state index contributed by atoms with van der Waals surface area (Å²) in [5.41, 5.74) is 0.814. The van der Waals surface area contributed by atoms with E-state index in [0.717, 1.165) is 25.1 Å². The number of nitrogens with zero attached hydrogens (tertiary/aromatic N) is 3. The topological polar surface area (TPSA) is 59.8 Å². The normalized spacial score (nSPS) is 10.5. The van der Waals surface area contributed by atoms with Gasteiger partial charge in [0.15, 0.2) is 0 Å². The first-order valence-corrected chi connectivity index (χ1v) is 6.42. The van der Waals surface area contributed by atoms with Gasteiger partial charge >= 0.3 is 0 Å². The molecular weight excluding hydrogens is 216 g/mol. The van der Waals surface area contributed by atoms with E-state index in [1.165, 1.54) is 12.8 Å². The second-order valence-corrected chi connectivity index (χ2v) is 4.15. The van der Waals surface area contributed by atoms with Crippen LogP contribution in [-0.2, 0) is 17.9 Å². The van der Waals surface area contributed by atoms with E-state index in [1.54, 1.807) is 4.68 Å². The van der Waals surface area contributed by atoms with Crippen LogP contribution in [0.4, 0.5) is 0 Å². The fraction of sp³-hybridized carbons (Fsp3) is 0.750. The predicted octanol–water partition coefficient (Wildman–Crippen LogP) is 1.88. The van der Waals surface area contributed by atoms with Crippen LogP contribution in [-0.4, -0.2) is 20.9 Å². The average Bonchev–Trinajstić information content (AvgIpc) is 2.80. The molecule has 0 aliphatic rings. The summed E-state index contributed by atoms with van der Waals surface area (Å²) in [5, 5.41) is 10.7. The largest absolute Gasteiger partial charge is 0.350 e. The smallest absolute Gasteiger partial charge is 0.220 e. The molecule has 1 amide bonds. The summed E-state index contributed by atoms with van der Waals surface area (Å²) in [6.07, 6.45) is 6.98. The Hall–Kier alpha value is -1.39. The molecular formula is C12H22N4O. The van der Waals surface area contributed by atoms with Gasteiger partial charge in [0.1, 0.15) is 5.69 Å². The number of amides is 1. The van der Waals surface area contributed by atoms with Crippen LogP contribution in [0.2, 0.25) is 0 Å². The molecule has 0 bridgehead atoms. The number of hydrogen-bond donors (Lipinski definition) is 1. The zero-order chi connectivity index (χ0) is 12.5. The fourth-order valence-corrected chi connectivity index (χ4v) is 1.56. The van der Waals surface area contributed by atoms with Gasteiger partial charge in [-0.05, 0) is 13.3 Å². The van der Waals surface area contributed by atoms with Gasteiger partial charge in [0.2, 0.25) is 5.91 Å². The van der Waals surface area contributed by atoms with E-state index in [-0.39, 0.29) is 5.91 Å². The van der Waals surface area contributed by atoms with Crippen LogP contribution in [0.1, 0.15) is 51.6 Å². The molecule has 0 aliphatic heterocycles. The Morgan fingerprint density at radius 1 is 1.35 bits per heavy atom. The highest BCUT2D eigenvalue weighted by molar-refractivity contribution is 5.75. The first-order chi connectivity index (χ1) is 8.26. The number of nitrogens with one attached hydrogen (secondary N) is 1. The molecule has 0 fully saturated rings. The highest BCUT2D eigenvalue weighted by Gasteiger charge is 2.03. The summed E-state index contributed by atoms with van der Waals surface area (Å²) in [6, 6.07) is 0. The van der Waals surface area contributed by atoms with Gasteiger partial charge in [0, 0.05) is 13.0 Å². The van der Waals surface area contributed by atoms with Gasteiger partial charge in [-0.15, -0.1) is 5.10 Å². The average molecular weight is 238 g/mol. The highest BCUT2D eigenvalue weighted by Crippen LogP contribution is 2.02. The van der Waals surface area contributed by atoms with Crippen molar-refractivity contribution in [2.24, 2.45) is 0 Å². The molecule has 0 atom stereocenters. The van der Waals surface area contributed by atoms with E-state index in [9.17, 15) is 4.79 Å². The fourth-order valence-electron chi connectivity index (χ4n) is 1.56. The van der Waals surface area contributed by atoms with Crippen molar-refractivity contribution in [1.82, 2.24) is 20.3 Å². The van der Waals surface area contributed by atoms with Crippen molar-refractivity contribution in [1.29, 1.82) is 0 Å². The molecule has 1 heterocycles. The van der Waals surface area contributed by atoms with Crippen LogP contribution in [0.15, 0.2) is 6.20 Å². The second kappa shape index (κ2) is 7.81. The number of aromatic nitrogens is 3. The number of unbranched alkanes of at least 4 members (excludes halogenated alkanes) is 3. The summed E-state index contributed by atoms with van der Waals surface area (Å²) in [6.45, 7) is 5.45. The van der Waals surface area contributed by atoms with Crippen LogP contribution in [0.3, 0.4) is 0 Å². The van der Waals surface area contributed by atoms with Crippen LogP contribution in [0, 0.1) is 0 Å². The van der Waals surface area contributed by atoms with Crippen molar-refractivity contribution in [2.75, 3.05) is 0 Å². The molecule has 0 saturated carbocycles. The van der Waals surface area contributed by atoms with Crippen molar-refractivity contribution in [3.8, 4) is 0 Å². The summed E-state index contributed by atoms with van der Waals surface area (Å²) in [5.74, 6) is 0.104. The Bertz CT molecular complexity index is 335. The molecule has 1 aromatic rings. The van der Waals surface area contributed by atoms with Gasteiger partial charge in [0.05, 0.1) is 12.7 Å². The third-order valence-corrected chi connectivity index (χ3v) is 2.63. The first-order valence-electron chi connectivity index (χ1n) is 6.42. The van der Waals surface area contributed by atoms with Crippen molar-refractivity contribution in [3.63, 3.8) is 0 Å². The zero-order valence-electron chi connectivity index (χ0n) is 10.8. The van der Waals surface area contributed by atoms with Gasteiger partial charge in [0.25, 0.3) is 0 Å². The van der Waals surface area contributed by atoms with Crippen LogP contribution < -0.4 is 5.32 Å². The molecule has 0 spiro atoms. The lowest BCUT2D eigenvalue weighted by Gasteiger charge is -2.02. The molecule has 0 radical (unpaired) electrons. The zero-order valence-corrected chi connectivity index (χ0v) is 10.8. The monoisotopic (exact) mass is 238 g/mol. The van der Waals surface area contributed by atoms with E-state index in [0.29, 0.717) is 13.0 Å². The third-order valence-electron chi connectivity index (χ3n) is 2.63. The minimum Gasteiger partial charge on any atom is -0.350 e. The molecule has 0 unspecified atom stereocenters. The maximum Gasteiger partial charge on any atom is 0.220 e. The lowest BCUT2D eigenvalue weighted by Crippen LogP contribution is -2.22. The highest BCUT2D eigenvalue weighted by atomic mass is 16.1. The Labute approximate surface area is 103 Å². The minimum absolute atomic E-state index is 0.104. The molecule has 0 aromatic carbocycles. The van der Waals surface area contributed by atoms with Gasteiger partial charge in [-0.3, -0.25) is 9.48 Å². The summed E-state index contributed by atoms with van der Waals surface area (Å²) >= 11 is 0. The molecule has 0 aliphatic carbocycles. The van der Waals surface area contributed by atoms with E-state index >= 15 is 0 Å².